The highest BCUT2D eigenvalue weighted by Gasteiger charge is 2.46. The summed E-state index contributed by atoms with van der Waals surface area (Å²) in [5.74, 6) is 4.35. The molecule has 4 N–H and O–H groups in total. The molecule has 0 bridgehead atoms. The van der Waals surface area contributed by atoms with Gasteiger partial charge < -0.3 is 5.11 Å². The highest BCUT2D eigenvalue weighted by atomic mass is 16.3. The van der Waals surface area contributed by atoms with Crippen molar-refractivity contribution in [2.45, 2.75) is 128 Å². The van der Waals surface area contributed by atoms with Crippen LogP contribution in [0, 0.1) is 46.8 Å². The molecule has 3 saturated carbocycles. The van der Waals surface area contributed by atoms with Crippen LogP contribution in [0.2, 0.25) is 0 Å². The molecule has 0 aromatic heterocycles. The molecule has 2 saturated heterocycles. The van der Waals surface area contributed by atoms with E-state index in [9.17, 15) is 5.11 Å². The van der Waals surface area contributed by atoms with Crippen LogP contribution in [0.4, 0.5) is 0 Å². The van der Waals surface area contributed by atoms with Gasteiger partial charge in [-0.05, 0) is 101 Å². The fourth-order valence-corrected chi connectivity index (χ4v) is 8.28. The number of nitrogens with zero attached hydrogens (tertiary/aromatic N) is 2. The molecule has 192 valence electrons. The molecule has 0 radical (unpaired) electrons. The van der Waals surface area contributed by atoms with Crippen LogP contribution in [0.3, 0.4) is 0 Å². The zero-order valence-electron chi connectivity index (χ0n) is 21.8. The molecule has 6 heteroatoms. The van der Waals surface area contributed by atoms with Gasteiger partial charge in [-0.1, -0.05) is 19.8 Å². The highest BCUT2D eigenvalue weighted by molar-refractivity contribution is 5.07. The van der Waals surface area contributed by atoms with Gasteiger partial charge in [0.15, 0.2) is 0 Å². The van der Waals surface area contributed by atoms with Crippen molar-refractivity contribution in [1.82, 2.24) is 20.9 Å². The molecule has 11 unspecified atom stereocenters. The van der Waals surface area contributed by atoms with Crippen LogP contribution in [0.25, 0.3) is 0 Å². The van der Waals surface area contributed by atoms with E-state index in [1.807, 2.05) is 4.90 Å². The minimum atomic E-state index is -0.396. The fraction of sp³-hybridized carbons (Fsp3) is 0.964. The molecular weight excluding hydrogens is 422 g/mol. The lowest BCUT2D eigenvalue weighted by Gasteiger charge is -2.50. The predicted octanol–water partition coefficient (Wildman–Crippen LogP) is 3.77. The molecule has 11 atom stereocenters. The zero-order chi connectivity index (χ0) is 23.8. The second-order valence-corrected chi connectivity index (χ2v) is 12.8. The summed E-state index contributed by atoms with van der Waals surface area (Å²) in [6, 6.07) is 3.46. The topological polar surface area (TPSA) is 83.1 Å². The first-order valence-corrected chi connectivity index (χ1v) is 14.5. The number of fused-ring (bicyclic) bond motifs is 1. The summed E-state index contributed by atoms with van der Waals surface area (Å²) in [7, 11) is 0. The summed E-state index contributed by atoms with van der Waals surface area (Å²) in [4.78, 5) is 1.97. The summed E-state index contributed by atoms with van der Waals surface area (Å²) in [6.45, 7) is 7.91. The van der Waals surface area contributed by atoms with E-state index in [0.717, 1.165) is 43.1 Å². The summed E-state index contributed by atoms with van der Waals surface area (Å²) < 4.78 is 0. The fourth-order valence-electron chi connectivity index (χ4n) is 8.28. The Morgan fingerprint density at radius 1 is 0.941 bits per heavy atom. The molecule has 5 aliphatic rings. The van der Waals surface area contributed by atoms with E-state index < -0.39 is 6.23 Å². The van der Waals surface area contributed by atoms with Crippen LogP contribution in [0.5, 0.6) is 0 Å². The third-order valence-corrected chi connectivity index (χ3v) is 10.4. The van der Waals surface area contributed by atoms with Crippen molar-refractivity contribution in [2.75, 3.05) is 6.54 Å². The van der Waals surface area contributed by atoms with Crippen LogP contribution < -0.4 is 16.0 Å². The van der Waals surface area contributed by atoms with Gasteiger partial charge in [-0.3, -0.25) is 20.9 Å². The molecule has 2 aliphatic heterocycles. The number of rotatable bonds is 6. The monoisotopic (exact) mass is 471 g/mol. The normalized spacial score (nSPS) is 48.9. The summed E-state index contributed by atoms with van der Waals surface area (Å²) >= 11 is 0. The quantitative estimate of drug-likeness (QED) is 0.442. The Hall–Kier alpha value is -0.710. The van der Waals surface area contributed by atoms with E-state index in [4.69, 9.17) is 5.26 Å². The average Bonchev–Trinajstić information content (AvgIpc) is 3.63. The first-order chi connectivity index (χ1) is 16.4. The van der Waals surface area contributed by atoms with Crippen molar-refractivity contribution in [3.05, 3.63) is 0 Å². The Morgan fingerprint density at radius 2 is 1.71 bits per heavy atom. The van der Waals surface area contributed by atoms with E-state index in [0.29, 0.717) is 36.3 Å². The van der Waals surface area contributed by atoms with Gasteiger partial charge >= 0.3 is 0 Å². The lowest BCUT2D eigenvalue weighted by Crippen LogP contribution is -2.69. The number of hydrogen-bond donors (Lipinski definition) is 4. The smallest absolute Gasteiger partial charge is 0.113 e. The van der Waals surface area contributed by atoms with Gasteiger partial charge in [0, 0.05) is 24.5 Å². The van der Waals surface area contributed by atoms with E-state index in [-0.39, 0.29) is 6.04 Å². The molecule has 0 aromatic rings. The zero-order valence-corrected chi connectivity index (χ0v) is 21.8. The number of aliphatic hydroxyl groups excluding tert-OH is 1. The molecule has 3 aliphatic carbocycles. The average molecular weight is 472 g/mol. The van der Waals surface area contributed by atoms with Gasteiger partial charge in [0.25, 0.3) is 0 Å². The standard InChI is InChI=1S/C28H49N5O/c1-17-5-4-6-22(13-17)18(2)30-27-25-14-23(11-12-26(25)31-19(3)32-27)20-7-9-21(10-8-20)28(34)33-16-24(33)15-29/h17-28,30-32,34H,4-14,16H2,1-3H3. The first kappa shape index (κ1) is 25.0. The van der Waals surface area contributed by atoms with E-state index >= 15 is 0 Å². The van der Waals surface area contributed by atoms with Crippen molar-refractivity contribution in [3.63, 3.8) is 0 Å². The molecule has 34 heavy (non-hydrogen) atoms. The van der Waals surface area contributed by atoms with Crippen LogP contribution in [-0.2, 0) is 0 Å². The Bertz CT molecular complexity index is 718. The van der Waals surface area contributed by atoms with Gasteiger partial charge in [-0.2, -0.15) is 5.26 Å². The van der Waals surface area contributed by atoms with Crippen molar-refractivity contribution in [2.24, 2.45) is 35.5 Å². The summed E-state index contributed by atoms with van der Waals surface area (Å²) in [5, 5.41) is 31.6. The van der Waals surface area contributed by atoms with Gasteiger partial charge in [0.05, 0.1) is 18.4 Å². The van der Waals surface area contributed by atoms with Crippen LogP contribution >= 0.6 is 0 Å². The lowest BCUT2D eigenvalue weighted by atomic mass is 9.66. The third-order valence-electron chi connectivity index (χ3n) is 10.4. The van der Waals surface area contributed by atoms with Crippen molar-refractivity contribution >= 4 is 0 Å². The SMILES string of the molecule is CC1CCCC(C(C)NC2NC(C)NC3CCC(C4CCC(C(O)N5CC5C#N)CC4)CC32)C1. The molecule has 5 fully saturated rings. The first-order valence-electron chi connectivity index (χ1n) is 14.5. The molecule has 0 amide bonds. The van der Waals surface area contributed by atoms with E-state index in [1.165, 1.54) is 57.8 Å². The van der Waals surface area contributed by atoms with Crippen LogP contribution in [0.15, 0.2) is 0 Å². The van der Waals surface area contributed by atoms with Crippen LogP contribution in [-0.4, -0.2) is 53.2 Å². The summed E-state index contributed by atoms with van der Waals surface area (Å²) in [5.41, 5.74) is 0. The van der Waals surface area contributed by atoms with E-state index in [2.05, 4.69) is 42.8 Å². The maximum absolute atomic E-state index is 10.7. The van der Waals surface area contributed by atoms with Crippen molar-refractivity contribution in [3.8, 4) is 6.07 Å². The lowest BCUT2D eigenvalue weighted by molar-refractivity contribution is -0.0128. The Morgan fingerprint density at radius 3 is 2.41 bits per heavy atom. The molecule has 5 rings (SSSR count). The molecule has 0 aromatic carbocycles. The predicted molar refractivity (Wildman–Crippen MR) is 135 cm³/mol. The number of nitrogens with one attached hydrogen (secondary N) is 3. The largest absolute Gasteiger partial charge is 0.378 e. The van der Waals surface area contributed by atoms with E-state index in [1.54, 1.807) is 0 Å². The second-order valence-electron chi connectivity index (χ2n) is 12.8. The van der Waals surface area contributed by atoms with Gasteiger partial charge in [-0.15, -0.1) is 0 Å². The van der Waals surface area contributed by atoms with Crippen LogP contribution in [0.1, 0.15) is 91.4 Å². The molecule has 0 spiro atoms. The molecule has 2 heterocycles. The Balaban J connectivity index is 1.15. The Kier molecular flexibility index (Phi) is 7.87. The third kappa shape index (κ3) is 5.49. The van der Waals surface area contributed by atoms with Crippen molar-refractivity contribution in [1.29, 1.82) is 5.26 Å². The van der Waals surface area contributed by atoms with Gasteiger partial charge in [0.1, 0.15) is 12.3 Å². The highest BCUT2D eigenvalue weighted by Crippen LogP contribution is 2.44. The minimum absolute atomic E-state index is 0.0414. The molecule has 6 nitrogen and oxygen atoms in total. The maximum atomic E-state index is 10.7. The maximum Gasteiger partial charge on any atom is 0.113 e. The van der Waals surface area contributed by atoms with Gasteiger partial charge in [-0.25, -0.2) is 0 Å². The number of hydrogen-bond acceptors (Lipinski definition) is 6. The van der Waals surface area contributed by atoms with Crippen molar-refractivity contribution < 1.29 is 5.11 Å². The summed E-state index contributed by atoms with van der Waals surface area (Å²) in [6.07, 6.45) is 14.7. The Labute approximate surface area is 207 Å². The number of nitriles is 1. The second kappa shape index (κ2) is 10.7. The number of aliphatic hydroxyl groups is 1. The molecular formula is C28H49N5O. The van der Waals surface area contributed by atoms with Gasteiger partial charge in [0.2, 0.25) is 0 Å². The minimum Gasteiger partial charge on any atom is -0.378 e.